The van der Waals surface area contributed by atoms with Crippen LogP contribution in [0.4, 0.5) is 4.39 Å². The van der Waals surface area contributed by atoms with E-state index in [1.165, 1.54) is 18.9 Å². The number of benzene rings is 1. The summed E-state index contributed by atoms with van der Waals surface area (Å²) in [7, 11) is 0. The van der Waals surface area contributed by atoms with Crippen molar-refractivity contribution in [2.24, 2.45) is 5.73 Å². The van der Waals surface area contributed by atoms with Gasteiger partial charge in [0.2, 0.25) is 0 Å². The van der Waals surface area contributed by atoms with Crippen LogP contribution in [-0.4, -0.2) is 23.5 Å². The highest BCUT2D eigenvalue weighted by molar-refractivity contribution is 5.24. The van der Waals surface area contributed by atoms with Gasteiger partial charge in [0.15, 0.2) is 0 Å². The minimum absolute atomic E-state index is 0.0112. The van der Waals surface area contributed by atoms with Gasteiger partial charge in [-0.3, -0.25) is 4.90 Å². The number of likely N-dealkylation sites (N-methyl/N-ethyl adjacent to an activating group) is 1. The summed E-state index contributed by atoms with van der Waals surface area (Å²) in [5, 5.41) is 0. The molecular formula is C16H25FN2. The number of halogens is 1. The summed E-state index contributed by atoms with van der Waals surface area (Å²) in [5.41, 5.74) is 7.48. The average Bonchev–Trinajstić information content (AvgIpc) is 2.90. The molecule has 19 heavy (non-hydrogen) atoms. The Balaban J connectivity index is 2.33. The van der Waals surface area contributed by atoms with Crippen LogP contribution in [-0.2, 0) is 0 Å². The van der Waals surface area contributed by atoms with Crippen LogP contribution < -0.4 is 5.73 Å². The van der Waals surface area contributed by atoms with Gasteiger partial charge >= 0.3 is 0 Å². The molecule has 1 aromatic carbocycles. The quantitative estimate of drug-likeness (QED) is 0.882. The zero-order chi connectivity index (χ0) is 13.9. The van der Waals surface area contributed by atoms with E-state index in [4.69, 9.17) is 5.73 Å². The molecule has 1 aliphatic carbocycles. The van der Waals surface area contributed by atoms with Crippen LogP contribution in [0.3, 0.4) is 0 Å². The zero-order valence-corrected chi connectivity index (χ0v) is 12.0. The van der Waals surface area contributed by atoms with Gasteiger partial charge in [0.1, 0.15) is 5.82 Å². The van der Waals surface area contributed by atoms with Crippen LogP contribution in [0.15, 0.2) is 24.3 Å². The van der Waals surface area contributed by atoms with Crippen molar-refractivity contribution in [2.75, 3.05) is 13.1 Å². The van der Waals surface area contributed by atoms with Gasteiger partial charge in [0.25, 0.3) is 0 Å². The number of hydrogen-bond acceptors (Lipinski definition) is 2. The Morgan fingerprint density at radius 1 is 1.26 bits per heavy atom. The zero-order valence-electron chi connectivity index (χ0n) is 12.0. The fourth-order valence-corrected chi connectivity index (χ4v) is 3.67. The fraction of sp³-hybridized carbons (Fsp3) is 0.625. The summed E-state index contributed by atoms with van der Waals surface area (Å²) >= 11 is 0. The second-order valence-electron chi connectivity index (χ2n) is 5.52. The van der Waals surface area contributed by atoms with E-state index in [0.717, 1.165) is 31.5 Å². The molecule has 1 fully saturated rings. The highest BCUT2D eigenvalue weighted by atomic mass is 19.1. The molecule has 1 unspecified atom stereocenters. The molecule has 0 spiro atoms. The van der Waals surface area contributed by atoms with Crippen molar-refractivity contribution >= 4 is 0 Å². The van der Waals surface area contributed by atoms with E-state index < -0.39 is 0 Å². The summed E-state index contributed by atoms with van der Waals surface area (Å²) in [6, 6.07) is 6.68. The summed E-state index contributed by atoms with van der Waals surface area (Å²) in [6.45, 7) is 6.36. The highest BCUT2D eigenvalue weighted by Crippen LogP contribution is 2.43. The minimum atomic E-state index is -0.194. The largest absolute Gasteiger partial charge is 0.322 e. The van der Waals surface area contributed by atoms with E-state index >= 15 is 0 Å². The first-order valence-corrected chi connectivity index (χ1v) is 7.40. The van der Waals surface area contributed by atoms with E-state index in [9.17, 15) is 4.39 Å². The normalized spacial score (nSPS) is 19.8. The predicted molar refractivity (Wildman–Crippen MR) is 77.4 cm³/mol. The molecule has 1 saturated carbocycles. The van der Waals surface area contributed by atoms with Crippen molar-refractivity contribution in [3.05, 3.63) is 35.6 Å². The Morgan fingerprint density at radius 3 is 2.42 bits per heavy atom. The Morgan fingerprint density at radius 2 is 1.89 bits per heavy atom. The molecule has 2 nitrogen and oxygen atoms in total. The molecular weight excluding hydrogens is 239 g/mol. The lowest BCUT2D eigenvalue weighted by atomic mass is 9.82. The monoisotopic (exact) mass is 264 g/mol. The molecule has 0 radical (unpaired) electrons. The van der Waals surface area contributed by atoms with Crippen LogP contribution in [0.25, 0.3) is 0 Å². The van der Waals surface area contributed by atoms with Crippen molar-refractivity contribution in [3.63, 3.8) is 0 Å². The van der Waals surface area contributed by atoms with Crippen LogP contribution in [0.5, 0.6) is 0 Å². The van der Waals surface area contributed by atoms with Gasteiger partial charge < -0.3 is 5.73 Å². The Kier molecular flexibility index (Phi) is 4.58. The van der Waals surface area contributed by atoms with E-state index in [0.29, 0.717) is 0 Å². The van der Waals surface area contributed by atoms with Gasteiger partial charge in [0.05, 0.1) is 0 Å². The maximum atomic E-state index is 13.4. The van der Waals surface area contributed by atoms with E-state index in [-0.39, 0.29) is 17.4 Å². The van der Waals surface area contributed by atoms with Crippen molar-refractivity contribution in [1.82, 2.24) is 4.90 Å². The van der Waals surface area contributed by atoms with Gasteiger partial charge in [-0.25, -0.2) is 4.39 Å². The maximum Gasteiger partial charge on any atom is 0.123 e. The molecule has 1 aliphatic rings. The van der Waals surface area contributed by atoms with Crippen LogP contribution in [0.1, 0.15) is 51.1 Å². The molecule has 0 aromatic heterocycles. The highest BCUT2D eigenvalue weighted by Gasteiger charge is 2.43. The maximum absolute atomic E-state index is 13.4. The first-order chi connectivity index (χ1) is 9.14. The second-order valence-corrected chi connectivity index (χ2v) is 5.52. The second kappa shape index (κ2) is 6.02. The number of nitrogens with zero attached hydrogens (tertiary/aromatic N) is 1. The molecule has 0 saturated heterocycles. The third kappa shape index (κ3) is 2.67. The van der Waals surface area contributed by atoms with Gasteiger partial charge in [-0.15, -0.1) is 0 Å². The van der Waals surface area contributed by atoms with E-state index in [1.54, 1.807) is 12.1 Å². The standard InChI is InChI=1S/C16H25FN2/c1-3-19(4-2)16(10-5-6-11-16)15(18)13-8-7-9-14(17)12-13/h7-9,12,15H,3-6,10-11,18H2,1-2H3. The van der Waals surface area contributed by atoms with Crippen molar-refractivity contribution in [1.29, 1.82) is 0 Å². The Bertz CT molecular complexity index is 409. The lowest BCUT2D eigenvalue weighted by Crippen LogP contribution is -2.53. The molecule has 0 bridgehead atoms. The summed E-state index contributed by atoms with van der Waals surface area (Å²) in [4.78, 5) is 2.47. The minimum Gasteiger partial charge on any atom is -0.322 e. The molecule has 2 N–H and O–H groups in total. The fourth-order valence-electron chi connectivity index (χ4n) is 3.67. The SMILES string of the molecule is CCN(CC)C1(C(N)c2cccc(F)c2)CCCC1. The van der Waals surface area contributed by atoms with Crippen LogP contribution in [0, 0.1) is 5.82 Å². The lowest BCUT2D eigenvalue weighted by Gasteiger charge is -2.45. The third-order valence-corrected chi connectivity index (χ3v) is 4.65. The van der Waals surface area contributed by atoms with Crippen molar-refractivity contribution in [2.45, 2.75) is 51.1 Å². The first kappa shape index (κ1) is 14.5. The molecule has 0 heterocycles. The van der Waals surface area contributed by atoms with Crippen molar-refractivity contribution < 1.29 is 4.39 Å². The Hall–Kier alpha value is -0.930. The number of rotatable bonds is 5. The molecule has 0 aliphatic heterocycles. The smallest absolute Gasteiger partial charge is 0.123 e. The summed E-state index contributed by atoms with van der Waals surface area (Å²) < 4.78 is 13.4. The third-order valence-electron chi connectivity index (χ3n) is 4.65. The van der Waals surface area contributed by atoms with E-state index in [2.05, 4.69) is 18.7 Å². The van der Waals surface area contributed by atoms with Crippen molar-refractivity contribution in [3.8, 4) is 0 Å². The van der Waals surface area contributed by atoms with Crippen LogP contribution in [0.2, 0.25) is 0 Å². The van der Waals surface area contributed by atoms with Crippen LogP contribution >= 0.6 is 0 Å². The van der Waals surface area contributed by atoms with Gasteiger partial charge in [-0.05, 0) is 43.6 Å². The van der Waals surface area contributed by atoms with Gasteiger partial charge in [-0.1, -0.05) is 38.8 Å². The molecule has 0 amide bonds. The molecule has 3 heteroatoms. The predicted octanol–water partition coefficient (Wildman–Crippen LogP) is 3.48. The lowest BCUT2D eigenvalue weighted by molar-refractivity contribution is 0.0769. The summed E-state index contributed by atoms with van der Waals surface area (Å²) in [5.74, 6) is -0.194. The number of nitrogens with two attached hydrogens (primary N) is 1. The summed E-state index contributed by atoms with van der Waals surface area (Å²) in [6.07, 6.45) is 4.68. The Labute approximate surface area is 115 Å². The average molecular weight is 264 g/mol. The first-order valence-electron chi connectivity index (χ1n) is 7.40. The molecule has 2 rings (SSSR count). The molecule has 1 atom stereocenters. The van der Waals surface area contributed by atoms with E-state index in [1.807, 2.05) is 6.07 Å². The number of hydrogen-bond donors (Lipinski definition) is 1. The molecule has 106 valence electrons. The van der Waals surface area contributed by atoms with Gasteiger partial charge in [0, 0.05) is 11.6 Å². The topological polar surface area (TPSA) is 29.3 Å². The van der Waals surface area contributed by atoms with Gasteiger partial charge in [-0.2, -0.15) is 0 Å². The molecule has 1 aromatic rings.